The predicted octanol–water partition coefficient (Wildman–Crippen LogP) is 3.46. The average molecular weight is 334 g/mol. The van der Waals surface area contributed by atoms with E-state index in [1.165, 1.54) is 28.8 Å². The summed E-state index contributed by atoms with van der Waals surface area (Å²) in [5.74, 6) is 0. The number of aryl methyl sites for hydroxylation is 1. The highest BCUT2D eigenvalue weighted by molar-refractivity contribution is 9.10. The second-order valence-corrected chi connectivity index (χ2v) is 6.57. The van der Waals surface area contributed by atoms with Gasteiger partial charge in [-0.1, -0.05) is 15.9 Å². The third-order valence-electron chi connectivity index (χ3n) is 3.83. The fraction of sp³-hybridized carbons (Fsp3) is 0.438. The summed E-state index contributed by atoms with van der Waals surface area (Å²) in [4.78, 5) is 7.03. The molecule has 106 valence electrons. The summed E-state index contributed by atoms with van der Waals surface area (Å²) >= 11 is 3.57. The molecule has 3 nitrogen and oxygen atoms in total. The van der Waals surface area contributed by atoms with Gasteiger partial charge in [-0.15, -0.1) is 0 Å². The van der Waals surface area contributed by atoms with E-state index < -0.39 is 0 Å². The fourth-order valence-electron chi connectivity index (χ4n) is 2.84. The maximum Gasteiger partial charge on any atom is 0.0727 e. The van der Waals surface area contributed by atoms with Gasteiger partial charge in [0.2, 0.25) is 0 Å². The van der Waals surface area contributed by atoms with Gasteiger partial charge in [0.1, 0.15) is 0 Å². The number of nitrogens with zero attached hydrogens (tertiary/aromatic N) is 2. The number of anilines is 1. The Bertz CT molecular complexity index is 637. The van der Waals surface area contributed by atoms with Crippen LogP contribution >= 0.6 is 15.9 Å². The number of hydrogen-bond acceptors (Lipinski definition) is 3. The lowest BCUT2D eigenvalue weighted by Gasteiger charge is -2.16. The van der Waals surface area contributed by atoms with E-state index in [-0.39, 0.29) is 0 Å². The first kappa shape index (κ1) is 13.8. The zero-order valence-corrected chi connectivity index (χ0v) is 13.6. The predicted molar refractivity (Wildman–Crippen MR) is 88.5 cm³/mol. The Labute approximate surface area is 128 Å². The topological polar surface area (TPSA) is 28.2 Å². The number of halogens is 1. The third kappa shape index (κ3) is 2.67. The van der Waals surface area contributed by atoms with E-state index >= 15 is 0 Å². The van der Waals surface area contributed by atoms with Crippen LogP contribution in [0.2, 0.25) is 0 Å². The molecular weight excluding hydrogens is 314 g/mol. The Morgan fingerprint density at radius 1 is 1.30 bits per heavy atom. The van der Waals surface area contributed by atoms with Crippen LogP contribution in [0.3, 0.4) is 0 Å². The van der Waals surface area contributed by atoms with Crippen LogP contribution in [-0.4, -0.2) is 37.1 Å². The van der Waals surface area contributed by atoms with Crippen LogP contribution < -0.4 is 5.32 Å². The molecule has 1 N–H and O–H groups in total. The highest BCUT2D eigenvalue weighted by Crippen LogP contribution is 2.35. The minimum absolute atomic E-state index is 0.963. The molecule has 1 heterocycles. The summed E-state index contributed by atoms with van der Waals surface area (Å²) in [6.45, 7) is 2.00. The van der Waals surface area contributed by atoms with Gasteiger partial charge in [-0.3, -0.25) is 4.98 Å². The van der Waals surface area contributed by atoms with Crippen molar-refractivity contribution in [3.63, 3.8) is 0 Å². The molecule has 1 aliphatic carbocycles. The largest absolute Gasteiger partial charge is 0.383 e. The van der Waals surface area contributed by atoms with E-state index in [4.69, 9.17) is 4.98 Å². The number of pyridine rings is 1. The lowest BCUT2D eigenvalue weighted by molar-refractivity contribution is 0.425. The number of likely N-dealkylation sites (N-methyl/N-ethyl adjacent to an activating group) is 1. The van der Waals surface area contributed by atoms with E-state index in [1.807, 2.05) is 0 Å². The maximum absolute atomic E-state index is 4.83. The molecule has 0 radical (unpaired) electrons. The summed E-state index contributed by atoms with van der Waals surface area (Å²) in [7, 11) is 4.21. The van der Waals surface area contributed by atoms with Crippen molar-refractivity contribution in [1.82, 2.24) is 9.88 Å². The molecule has 1 aliphatic rings. The summed E-state index contributed by atoms with van der Waals surface area (Å²) in [5.41, 5.74) is 5.10. The normalized spacial score (nSPS) is 14.0. The van der Waals surface area contributed by atoms with E-state index in [1.54, 1.807) is 0 Å². The van der Waals surface area contributed by atoms with Crippen LogP contribution in [-0.2, 0) is 12.8 Å². The van der Waals surface area contributed by atoms with E-state index in [0.29, 0.717) is 0 Å². The molecule has 0 fully saturated rings. The molecule has 0 aliphatic heterocycles. The van der Waals surface area contributed by atoms with Crippen LogP contribution in [0.1, 0.15) is 17.7 Å². The Balaban J connectivity index is 2.04. The standard InChI is InChI=1S/C16H20BrN3/c1-20(2)9-8-18-16-12-4-3-5-14(12)19-15-7-6-11(17)10-13(15)16/h6-7,10H,3-5,8-9H2,1-2H3,(H,18,19). The highest BCUT2D eigenvalue weighted by atomic mass is 79.9. The number of aromatic nitrogens is 1. The molecule has 3 rings (SSSR count). The summed E-state index contributed by atoms with van der Waals surface area (Å²) in [5, 5.41) is 4.88. The molecule has 0 unspecified atom stereocenters. The first-order valence-corrected chi connectivity index (χ1v) is 7.94. The average Bonchev–Trinajstić information content (AvgIpc) is 2.86. The van der Waals surface area contributed by atoms with E-state index in [9.17, 15) is 0 Å². The van der Waals surface area contributed by atoms with Crippen LogP contribution in [0, 0.1) is 0 Å². The third-order valence-corrected chi connectivity index (χ3v) is 4.33. The van der Waals surface area contributed by atoms with Gasteiger partial charge in [0.15, 0.2) is 0 Å². The lowest BCUT2D eigenvalue weighted by Crippen LogP contribution is -2.21. The zero-order valence-electron chi connectivity index (χ0n) is 12.0. The van der Waals surface area contributed by atoms with Crippen molar-refractivity contribution in [1.29, 1.82) is 0 Å². The van der Waals surface area contributed by atoms with Gasteiger partial charge in [-0.25, -0.2) is 0 Å². The quantitative estimate of drug-likeness (QED) is 0.928. The first-order chi connectivity index (χ1) is 9.65. The van der Waals surface area contributed by atoms with Gasteiger partial charge in [-0.2, -0.15) is 0 Å². The molecule has 1 aromatic carbocycles. The van der Waals surface area contributed by atoms with Gasteiger partial charge < -0.3 is 10.2 Å². The molecule has 0 saturated carbocycles. The summed E-state index contributed by atoms with van der Waals surface area (Å²) in [6.07, 6.45) is 3.49. The van der Waals surface area contributed by atoms with Crippen molar-refractivity contribution in [2.24, 2.45) is 0 Å². The molecule has 0 amide bonds. The van der Waals surface area contributed by atoms with Crippen LogP contribution in [0.5, 0.6) is 0 Å². The Kier molecular flexibility index (Phi) is 3.94. The lowest BCUT2D eigenvalue weighted by atomic mass is 10.1. The van der Waals surface area contributed by atoms with E-state index in [2.05, 4.69) is 58.4 Å². The summed E-state index contributed by atoms with van der Waals surface area (Å²) in [6, 6.07) is 6.36. The number of fused-ring (bicyclic) bond motifs is 2. The van der Waals surface area contributed by atoms with Crippen molar-refractivity contribution in [3.8, 4) is 0 Å². The van der Waals surface area contributed by atoms with Crippen LogP contribution in [0.15, 0.2) is 22.7 Å². The maximum atomic E-state index is 4.83. The first-order valence-electron chi connectivity index (χ1n) is 7.15. The Morgan fingerprint density at radius 3 is 2.95 bits per heavy atom. The monoisotopic (exact) mass is 333 g/mol. The van der Waals surface area contributed by atoms with Gasteiger partial charge in [0, 0.05) is 34.3 Å². The van der Waals surface area contributed by atoms with Gasteiger partial charge >= 0.3 is 0 Å². The molecule has 2 aromatic rings. The van der Waals surface area contributed by atoms with Gasteiger partial charge in [0.25, 0.3) is 0 Å². The number of nitrogens with one attached hydrogen (secondary N) is 1. The molecule has 20 heavy (non-hydrogen) atoms. The molecule has 0 bridgehead atoms. The molecule has 0 atom stereocenters. The second-order valence-electron chi connectivity index (χ2n) is 5.66. The Morgan fingerprint density at radius 2 is 2.15 bits per heavy atom. The molecular formula is C16H20BrN3. The van der Waals surface area contributed by atoms with Crippen molar-refractivity contribution in [2.45, 2.75) is 19.3 Å². The number of hydrogen-bond donors (Lipinski definition) is 1. The SMILES string of the molecule is CN(C)CCNc1c2c(nc3ccc(Br)cc13)CCC2. The molecule has 0 spiro atoms. The molecule has 1 aromatic heterocycles. The highest BCUT2D eigenvalue weighted by Gasteiger charge is 2.19. The summed E-state index contributed by atoms with van der Waals surface area (Å²) < 4.78 is 1.11. The number of rotatable bonds is 4. The zero-order chi connectivity index (χ0) is 14.1. The minimum Gasteiger partial charge on any atom is -0.383 e. The van der Waals surface area contributed by atoms with Crippen LogP contribution in [0.4, 0.5) is 5.69 Å². The van der Waals surface area contributed by atoms with Crippen molar-refractivity contribution in [2.75, 3.05) is 32.5 Å². The van der Waals surface area contributed by atoms with Gasteiger partial charge in [0.05, 0.1) is 5.52 Å². The number of benzene rings is 1. The fourth-order valence-corrected chi connectivity index (χ4v) is 3.20. The second kappa shape index (κ2) is 5.70. The molecule has 4 heteroatoms. The smallest absolute Gasteiger partial charge is 0.0727 e. The van der Waals surface area contributed by atoms with Crippen LogP contribution in [0.25, 0.3) is 10.9 Å². The van der Waals surface area contributed by atoms with E-state index in [0.717, 1.165) is 35.9 Å². The molecule has 0 saturated heterocycles. The van der Waals surface area contributed by atoms with Crippen molar-refractivity contribution < 1.29 is 0 Å². The van der Waals surface area contributed by atoms with Gasteiger partial charge in [-0.05, 0) is 57.1 Å². The minimum atomic E-state index is 0.963. The van der Waals surface area contributed by atoms with Crippen molar-refractivity contribution in [3.05, 3.63) is 33.9 Å². The van der Waals surface area contributed by atoms with Crippen molar-refractivity contribution >= 4 is 32.5 Å². The Hall–Kier alpha value is -1.13.